The molecule has 11 heavy (non-hydrogen) atoms. The van der Waals surface area contributed by atoms with Crippen LogP contribution in [0.5, 0.6) is 0 Å². The first-order chi connectivity index (χ1) is 5.47. The van der Waals surface area contributed by atoms with Crippen LogP contribution in [0.25, 0.3) is 0 Å². The number of dihydropyridines is 1. The summed E-state index contributed by atoms with van der Waals surface area (Å²) in [5, 5.41) is 6.77. The van der Waals surface area contributed by atoms with Crippen LogP contribution in [-0.2, 0) is 0 Å². The van der Waals surface area contributed by atoms with Crippen molar-refractivity contribution >= 4 is 0 Å². The molecule has 2 aliphatic rings. The lowest BCUT2D eigenvalue weighted by molar-refractivity contribution is 0.602. The second-order valence-corrected chi connectivity index (χ2v) is 3.11. The van der Waals surface area contributed by atoms with Crippen LogP contribution in [0.1, 0.15) is 12.8 Å². The van der Waals surface area contributed by atoms with Crippen LogP contribution in [0.4, 0.5) is 0 Å². The van der Waals surface area contributed by atoms with Crippen molar-refractivity contribution in [3.8, 4) is 0 Å². The molecule has 60 valence electrons. The van der Waals surface area contributed by atoms with E-state index >= 15 is 0 Å². The summed E-state index contributed by atoms with van der Waals surface area (Å²) in [6.07, 6.45) is 8.79. The fraction of sp³-hybridized carbons (Fsp3) is 0.556. The van der Waals surface area contributed by atoms with Gasteiger partial charge in [-0.3, -0.25) is 0 Å². The maximum absolute atomic E-state index is 3.40. The predicted molar refractivity (Wildman–Crippen MR) is 46.3 cm³/mol. The number of hydrogen-bond donors (Lipinski definition) is 2. The summed E-state index contributed by atoms with van der Waals surface area (Å²) < 4.78 is 0. The van der Waals surface area contributed by atoms with E-state index in [0.29, 0.717) is 6.04 Å². The molecule has 1 atom stereocenters. The topological polar surface area (TPSA) is 24.1 Å². The van der Waals surface area contributed by atoms with Crippen molar-refractivity contribution < 1.29 is 0 Å². The van der Waals surface area contributed by atoms with E-state index in [9.17, 15) is 0 Å². The third-order valence-electron chi connectivity index (χ3n) is 2.35. The van der Waals surface area contributed by atoms with E-state index in [1.54, 1.807) is 5.57 Å². The summed E-state index contributed by atoms with van der Waals surface area (Å²) in [5.74, 6) is 0. The van der Waals surface area contributed by atoms with Crippen molar-refractivity contribution in [2.45, 2.75) is 18.9 Å². The molecule has 0 radical (unpaired) electrons. The molecule has 2 nitrogen and oxygen atoms in total. The van der Waals surface area contributed by atoms with E-state index in [1.807, 2.05) is 6.20 Å². The van der Waals surface area contributed by atoms with Gasteiger partial charge in [-0.2, -0.15) is 0 Å². The highest BCUT2D eigenvalue weighted by molar-refractivity contribution is 5.23. The Morgan fingerprint density at radius 3 is 3.36 bits per heavy atom. The van der Waals surface area contributed by atoms with Gasteiger partial charge in [0.25, 0.3) is 0 Å². The second-order valence-electron chi connectivity index (χ2n) is 3.11. The normalized spacial score (nSPS) is 29.8. The maximum atomic E-state index is 3.40. The molecular formula is C9H14N2. The second kappa shape index (κ2) is 3.09. The minimum atomic E-state index is 0.606. The first kappa shape index (κ1) is 6.92. The molecule has 0 aromatic carbocycles. The number of hydrogen-bond acceptors (Lipinski definition) is 2. The quantitative estimate of drug-likeness (QED) is 0.533. The third kappa shape index (κ3) is 1.46. The van der Waals surface area contributed by atoms with Gasteiger partial charge in [-0.25, -0.2) is 0 Å². The molecule has 1 saturated heterocycles. The molecule has 0 amide bonds. The highest BCUT2D eigenvalue weighted by Crippen LogP contribution is 2.15. The van der Waals surface area contributed by atoms with Crippen molar-refractivity contribution in [2.75, 3.05) is 13.1 Å². The van der Waals surface area contributed by atoms with Gasteiger partial charge >= 0.3 is 0 Å². The van der Waals surface area contributed by atoms with Gasteiger partial charge in [-0.05, 0) is 43.8 Å². The molecule has 1 unspecified atom stereocenters. The van der Waals surface area contributed by atoms with E-state index in [-0.39, 0.29) is 0 Å². The van der Waals surface area contributed by atoms with Crippen molar-refractivity contribution in [1.29, 1.82) is 0 Å². The molecule has 0 spiro atoms. The van der Waals surface area contributed by atoms with Crippen molar-refractivity contribution in [3.63, 3.8) is 0 Å². The van der Waals surface area contributed by atoms with E-state index in [4.69, 9.17) is 0 Å². The molecule has 2 heteroatoms. The number of rotatable bonds is 0. The SMILES string of the molecule is C1=CNC2CCNCCC2=C1. The Balaban J connectivity index is 2.11. The monoisotopic (exact) mass is 150 g/mol. The molecule has 0 aliphatic carbocycles. The highest BCUT2D eigenvalue weighted by atomic mass is 14.9. The van der Waals surface area contributed by atoms with Crippen molar-refractivity contribution in [1.82, 2.24) is 10.6 Å². The van der Waals surface area contributed by atoms with Gasteiger partial charge in [0.05, 0.1) is 0 Å². The minimum Gasteiger partial charge on any atom is -0.384 e. The smallest absolute Gasteiger partial charge is 0.0483 e. The van der Waals surface area contributed by atoms with Crippen LogP contribution >= 0.6 is 0 Å². The third-order valence-corrected chi connectivity index (χ3v) is 2.35. The van der Waals surface area contributed by atoms with Gasteiger partial charge in [0, 0.05) is 6.04 Å². The molecule has 0 aromatic rings. The molecule has 2 N–H and O–H groups in total. The fourth-order valence-corrected chi connectivity index (χ4v) is 1.70. The van der Waals surface area contributed by atoms with Gasteiger partial charge < -0.3 is 10.6 Å². The Labute approximate surface area is 67.4 Å². The standard InChI is InChI=1S/C9H14N2/c1-2-8-3-6-10-7-4-9(8)11-5-1/h1-2,5,9-11H,3-4,6-7H2. The zero-order valence-electron chi connectivity index (χ0n) is 6.64. The highest BCUT2D eigenvalue weighted by Gasteiger charge is 2.16. The van der Waals surface area contributed by atoms with Gasteiger partial charge in [-0.1, -0.05) is 6.08 Å². The molecule has 2 heterocycles. The maximum Gasteiger partial charge on any atom is 0.0483 e. The molecule has 0 aromatic heterocycles. The number of allylic oxidation sites excluding steroid dienone is 2. The lowest BCUT2D eigenvalue weighted by atomic mass is 10.0. The molecule has 2 rings (SSSR count). The summed E-state index contributed by atoms with van der Waals surface area (Å²) in [6, 6.07) is 0.606. The van der Waals surface area contributed by atoms with E-state index in [1.165, 1.54) is 12.8 Å². The molecule has 0 bridgehead atoms. The average Bonchev–Trinajstić information content (AvgIpc) is 2.28. The van der Waals surface area contributed by atoms with Crippen LogP contribution in [0.15, 0.2) is 23.9 Å². The Hall–Kier alpha value is -0.760. The lowest BCUT2D eigenvalue weighted by Crippen LogP contribution is -2.28. The zero-order chi connectivity index (χ0) is 7.52. The van der Waals surface area contributed by atoms with Crippen LogP contribution in [0, 0.1) is 0 Å². The van der Waals surface area contributed by atoms with E-state index < -0.39 is 0 Å². The Morgan fingerprint density at radius 1 is 1.36 bits per heavy atom. The first-order valence-corrected chi connectivity index (χ1v) is 4.29. The first-order valence-electron chi connectivity index (χ1n) is 4.29. The van der Waals surface area contributed by atoms with Crippen LogP contribution in [0.3, 0.4) is 0 Å². The van der Waals surface area contributed by atoms with E-state index in [2.05, 4.69) is 22.8 Å². The molecule has 0 saturated carbocycles. The van der Waals surface area contributed by atoms with Crippen LogP contribution < -0.4 is 10.6 Å². The lowest BCUT2D eigenvalue weighted by Gasteiger charge is -2.20. The zero-order valence-corrected chi connectivity index (χ0v) is 6.64. The van der Waals surface area contributed by atoms with Gasteiger partial charge in [0.1, 0.15) is 0 Å². The Kier molecular flexibility index (Phi) is 1.95. The Morgan fingerprint density at radius 2 is 2.36 bits per heavy atom. The summed E-state index contributed by atoms with van der Waals surface area (Å²) in [6.45, 7) is 2.28. The van der Waals surface area contributed by atoms with Crippen molar-refractivity contribution in [3.05, 3.63) is 23.9 Å². The van der Waals surface area contributed by atoms with Gasteiger partial charge in [0.2, 0.25) is 0 Å². The predicted octanol–water partition coefficient (Wildman–Crippen LogP) is 0.782. The summed E-state index contributed by atoms with van der Waals surface area (Å²) in [5.41, 5.74) is 1.55. The summed E-state index contributed by atoms with van der Waals surface area (Å²) >= 11 is 0. The summed E-state index contributed by atoms with van der Waals surface area (Å²) in [7, 11) is 0. The van der Waals surface area contributed by atoms with Crippen LogP contribution in [0.2, 0.25) is 0 Å². The Bertz CT molecular complexity index is 194. The van der Waals surface area contributed by atoms with Gasteiger partial charge in [0.15, 0.2) is 0 Å². The molecule has 1 fully saturated rings. The number of nitrogens with one attached hydrogen (secondary N) is 2. The van der Waals surface area contributed by atoms with Crippen LogP contribution in [-0.4, -0.2) is 19.1 Å². The van der Waals surface area contributed by atoms with Crippen molar-refractivity contribution in [2.24, 2.45) is 0 Å². The number of fused-ring (bicyclic) bond motifs is 1. The minimum absolute atomic E-state index is 0.606. The fourth-order valence-electron chi connectivity index (χ4n) is 1.70. The van der Waals surface area contributed by atoms with Gasteiger partial charge in [-0.15, -0.1) is 0 Å². The molecular weight excluding hydrogens is 136 g/mol. The average molecular weight is 150 g/mol. The summed E-state index contributed by atoms with van der Waals surface area (Å²) in [4.78, 5) is 0. The van der Waals surface area contributed by atoms with E-state index in [0.717, 1.165) is 13.1 Å². The molecule has 2 aliphatic heterocycles. The largest absolute Gasteiger partial charge is 0.384 e.